The molecule has 0 spiro atoms. The number of rotatable bonds is 6. The van der Waals surface area contributed by atoms with Gasteiger partial charge < -0.3 is 15.0 Å². The molecule has 0 aromatic heterocycles. The molecule has 1 unspecified atom stereocenters. The van der Waals surface area contributed by atoms with Crippen LogP contribution in [0, 0.1) is 11.3 Å². The molecule has 1 fully saturated rings. The molecular formula is C21H17F2N3O3S. The number of para-hydroxylation sites is 1. The number of hydrogen-bond donors (Lipinski definition) is 1. The summed E-state index contributed by atoms with van der Waals surface area (Å²) in [6.07, 6.45) is 2.63. The quantitative estimate of drug-likeness (QED) is 0.708. The van der Waals surface area contributed by atoms with Crippen LogP contribution < -0.4 is 10.1 Å². The first-order chi connectivity index (χ1) is 14.5. The third kappa shape index (κ3) is 5.36. The topological polar surface area (TPSA) is 82.4 Å². The van der Waals surface area contributed by atoms with Crippen molar-refractivity contribution in [3.05, 3.63) is 65.7 Å². The molecule has 0 saturated carbocycles. The third-order valence-corrected chi connectivity index (χ3v) is 5.30. The number of ether oxygens (including phenoxy) is 1. The van der Waals surface area contributed by atoms with E-state index in [2.05, 4.69) is 10.1 Å². The molecule has 30 heavy (non-hydrogen) atoms. The van der Waals surface area contributed by atoms with Crippen LogP contribution in [0.5, 0.6) is 5.75 Å². The molecule has 2 aromatic rings. The molecule has 1 heterocycles. The van der Waals surface area contributed by atoms with Crippen LogP contribution in [-0.2, 0) is 9.59 Å². The summed E-state index contributed by atoms with van der Waals surface area (Å²) in [5, 5.41) is 11.6. The Kier molecular flexibility index (Phi) is 7.03. The molecular weight excluding hydrogens is 412 g/mol. The smallest absolute Gasteiger partial charge is 0.387 e. The van der Waals surface area contributed by atoms with Gasteiger partial charge in [-0.25, -0.2) is 0 Å². The van der Waals surface area contributed by atoms with Gasteiger partial charge in [0.25, 0.3) is 0 Å². The molecule has 1 aliphatic rings. The van der Waals surface area contributed by atoms with E-state index in [1.54, 1.807) is 42.5 Å². The maximum absolute atomic E-state index is 12.6. The number of benzene rings is 2. The molecule has 3 rings (SSSR count). The Labute approximate surface area is 176 Å². The fourth-order valence-corrected chi connectivity index (χ4v) is 3.97. The maximum Gasteiger partial charge on any atom is 0.387 e. The van der Waals surface area contributed by atoms with Crippen LogP contribution >= 0.6 is 11.8 Å². The van der Waals surface area contributed by atoms with E-state index in [0.717, 1.165) is 0 Å². The maximum atomic E-state index is 12.6. The van der Waals surface area contributed by atoms with Crippen molar-refractivity contribution in [2.24, 2.45) is 0 Å². The molecule has 1 atom stereocenters. The van der Waals surface area contributed by atoms with Gasteiger partial charge in [-0.2, -0.15) is 14.0 Å². The molecule has 9 heteroatoms. The number of nitrogens with one attached hydrogen (secondary N) is 1. The summed E-state index contributed by atoms with van der Waals surface area (Å²) in [5.41, 5.74) is 1.33. The monoisotopic (exact) mass is 429 g/mol. The number of anilines is 1. The average molecular weight is 429 g/mol. The third-order valence-electron chi connectivity index (χ3n) is 4.29. The molecule has 154 valence electrons. The molecule has 2 amide bonds. The van der Waals surface area contributed by atoms with Gasteiger partial charge in [-0.1, -0.05) is 18.2 Å². The highest BCUT2D eigenvalue weighted by atomic mass is 32.2. The van der Waals surface area contributed by atoms with Crippen LogP contribution in [0.1, 0.15) is 11.1 Å². The van der Waals surface area contributed by atoms with E-state index < -0.39 is 18.6 Å². The fourth-order valence-electron chi connectivity index (χ4n) is 2.81. The normalized spacial score (nSPS) is 15.9. The Balaban J connectivity index is 1.67. The van der Waals surface area contributed by atoms with E-state index in [0.29, 0.717) is 28.4 Å². The minimum atomic E-state index is -2.97. The number of hydrogen-bond acceptors (Lipinski definition) is 5. The number of carbonyl (C=O) groups is 2. The molecule has 0 bridgehead atoms. The summed E-state index contributed by atoms with van der Waals surface area (Å²) in [4.78, 5) is 26.7. The van der Waals surface area contributed by atoms with Crippen LogP contribution in [0.2, 0.25) is 0 Å². The van der Waals surface area contributed by atoms with Crippen LogP contribution in [0.25, 0.3) is 6.08 Å². The molecule has 0 radical (unpaired) electrons. The Morgan fingerprint density at radius 3 is 2.67 bits per heavy atom. The van der Waals surface area contributed by atoms with Crippen LogP contribution in [-0.4, -0.2) is 41.0 Å². The number of nitriles is 1. The summed E-state index contributed by atoms with van der Waals surface area (Å²) < 4.78 is 29.5. The van der Waals surface area contributed by atoms with Gasteiger partial charge in [-0.05, 0) is 36.4 Å². The molecule has 6 nitrogen and oxygen atoms in total. The van der Waals surface area contributed by atoms with Gasteiger partial charge in [0, 0.05) is 23.1 Å². The van der Waals surface area contributed by atoms with Crippen molar-refractivity contribution in [1.82, 2.24) is 4.90 Å². The molecule has 1 aliphatic heterocycles. The van der Waals surface area contributed by atoms with E-state index in [1.807, 2.05) is 6.07 Å². The van der Waals surface area contributed by atoms with Gasteiger partial charge in [-0.3, -0.25) is 9.59 Å². The van der Waals surface area contributed by atoms with Crippen molar-refractivity contribution in [3.8, 4) is 11.8 Å². The lowest BCUT2D eigenvalue weighted by Crippen LogP contribution is -2.43. The summed E-state index contributed by atoms with van der Waals surface area (Å²) in [6.45, 7) is -2.97. The lowest BCUT2D eigenvalue weighted by Gasteiger charge is -2.21. The Morgan fingerprint density at radius 2 is 1.97 bits per heavy atom. The molecule has 0 aliphatic carbocycles. The predicted molar refractivity (Wildman–Crippen MR) is 110 cm³/mol. The zero-order valence-electron chi connectivity index (χ0n) is 15.6. The summed E-state index contributed by atoms with van der Waals surface area (Å²) in [5.74, 6) is -0.0153. The van der Waals surface area contributed by atoms with Gasteiger partial charge in [0.15, 0.2) is 0 Å². The second kappa shape index (κ2) is 9.89. The van der Waals surface area contributed by atoms with E-state index in [9.17, 15) is 18.4 Å². The number of amides is 2. The lowest BCUT2D eigenvalue weighted by molar-refractivity contribution is -0.132. The first kappa shape index (κ1) is 21.3. The highest BCUT2D eigenvalue weighted by Gasteiger charge is 2.33. The largest absolute Gasteiger partial charge is 0.434 e. The van der Waals surface area contributed by atoms with E-state index in [4.69, 9.17) is 5.26 Å². The van der Waals surface area contributed by atoms with Gasteiger partial charge in [0.05, 0.1) is 17.5 Å². The summed E-state index contributed by atoms with van der Waals surface area (Å²) in [6, 6.07) is 13.9. The van der Waals surface area contributed by atoms with Crippen molar-refractivity contribution >= 4 is 35.3 Å². The first-order valence-corrected chi connectivity index (χ1v) is 10.0. The highest BCUT2D eigenvalue weighted by molar-refractivity contribution is 7.99. The summed E-state index contributed by atoms with van der Waals surface area (Å²) >= 11 is 1.44. The van der Waals surface area contributed by atoms with E-state index in [1.165, 1.54) is 34.9 Å². The van der Waals surface area contributed by atoms with Crippen LogP contribution in [0.15, 0.2) is 54.6 Å². The molecule has 2 aromatic carbocycles. The van der Waals surface area contributed by atoms with Crippen molar-refractivity contribution in [3.63, 3.8) is 0 Å². The average Bonchev–Trinajstić information content (AvgIpc) is 3.23. The number of thioether (sulfide) groups is 1. The van der Waals surface area contributed by atoms with Gasteiger partial charge in [0.1, 0.15) is 11.8 Å². The molecule has 1 saturated heterocycles. The van der Waals surface area contributed by atoms with Gasteiger partial charge in [-0.15, -0.1) is 11.8 Å². The fraction of sp³-hybridized carbons (Fsp3) is 0.190. The van der Waals surface area contributed by atoms with E-state index in [-0.39, 0.29) is 11.7 Å². The van der Waals surface area contributed by atoms with E-state index >= 15 is 0 Å². The Hall–Kier alpha value is -3.38. The SMILES string of the molecule is N#Cc1ccc(NC(=O)C2CSCN2C(=O)/C=C/c2ccccc2OC(F)F)cc1. The minimum absolute atomic E-state index is 0.0394. The van der Waals surface area contributed by atoms with Crippen molar-refractivity contribution in [2.75, 3.05) is 16.9 Å². The second-order valence-electron chi connectivity index (χ2n) is 6.25. The van der Waals surface area contributed by atoms with Crippen molar-refractivity contribution in [1.29, 1.82) is 5.26 Å². The van der Waals surface area contributed by atoms with Gasteiger partial charge >= 0.3 is 6.61 Å². The van der Waals surface area contributed by atoms with Crippen LogP contribution in [0.3, 0.4) is 0 Å². The summed E-state index contributed by atoms with van der Waals surface area (Å²) in [7, 11) is 0. The predicted octanol–water partition coefficient (Wildman–Crippen LogP) is 3.71. The Bertz CT molecular complexity index is 990. The number of carbonyl (C=O) groups excluding carboxylic acids is 2. The Morgan fingerprint density at radius 1 is 1.23 bits per heavy atom. The second-order valence-corrected chi connectivity index (χ2v) is 7.25. The number of halogens is 2. The van der Waals surface area contributed by atoms with Crippen LogP contribution in [0.4, 0.5) is 14.5 Å². The zero-order valence-corrected chi connectivity index (χ0v) is 16.4. The zero-order chi connectivity index (χ0) is 21.5. The standard InChI is InChI=1S/C21H17F2N3O3S/c22-21(23)29-18-4-2-1-3-15(18)7-10-19(27)26-13-30-12-17(26)20(28)25-16-8-5-14(11-24)6-9-16/h1-10,17,21H,12-13H2,(H,25,28)/b10-7+. The first-order valence-electron chi connectivity index (χ1n) is 8.89. The number of alkyl halides is 2. The number of nitrogens with zero attached hydrogens (tertiary/aromatic N) is 2. The minimum Gasteiger partial charge on any atom is -0.434 e. The van der Waals surface area contributed by atoms with Crippen molar-refractivity contribution in [2.45, 2.75) is 12.7 Å². The highest BCUT2D eigenvalue weighted by Crippen LogP contribution is 2.25. The molecule has 1 N–H and O–H groups in total. The lowest BCUT2D eigenvalue weighted by atomic mass is 10.1. The van der Waals surface area contributed by atoms with Gasteiger partial charge in [0.2, 0.25) is 11.8 Å². The van der Waals surface area contributed by atoms with Crippen molar-refractivity contribution < 1.29 is 23.1 Å².